The van der Waals surface area contributed by atoms with Crippen molar-refractivity contribution in [3.63, 3.8) is 0 Å². The molecule has 0 aliphatic heterocycles. The summed E-state index contributed by atoms with van der Waals surface area (Å²) in [6.07, 6.45) is 3.63. The highest BCUT2D eigenvalue weighted by Crippen LogP contribution is 2.01. The van der Waals surface area contributed by atoms with Crippen LogP contribution >= 0.6 is 0 Å². The van der Waals surface area contributed by atoms with E-state index in [2.05, 4.69) is 10.3 Å². The van der Waals surface area contributed by atoms with E-state index in [1.807, 2.05) is 6.92 Å². The molecule has 4 heteroatoms. The molecule has 0 saturated carbocycles. The van der Waals surface area contributed by atoms with Gasteiger partial charge in [0.05, 0.1) is 12.8 Å². The zero-order chi connectivity index (χ0) is 10.4. The summed E-state index contributed by atoms with van der Waals surface area (Å²) in [5.74, 6) is -0.332. The first kappa shape index (κ1) is 11.1. The summed E-state index contributed by atoms with van der Waals surface area (Å²) >= 11 is 0. The molecule has 3 nitrogen and oxygen atoms in total. The van der Waals surface area contributed by atoms with E-state index in [0.29, 0.717) is 6.54 Å². The van der Waals surface area contributed by atoms with E-state index in [1.165, 1.54) is 12.3 Å². The van der Waals surface area contributed by atoms with Crippen molar-refractivity contribution in [1.82, 2.24) is 10.3 Å². The van der Waals surface area contributed by atoms with Crippen molar-refractivity contribution in [2.24, 2.45) is 0 Å². The molecule has 1 atom stereocenters. The van der Waals surface area contributed by atoms with E-state index in [1.54, 1.807) is 6.20 Å². The van der Waals surface area contributed by atoms with Crippen molar-refractivity contribution in [2.45, 2.75) is 25.9 Å². The van der Waals surface area contributed by atoms with E-state index >= 15 is 0 Å². The summed E-state index contributed by atoms with van der Waals surface area (Å²) in [4.78, 5) is 3.74. The van der Waals surface area contributed by atoms with Gasteiger partial charge in [-0.2, -0.15) is 0 Å². The van der Waals surface area contributed by atoms with E-state index in [4.69, 9.17) is 5.11 Å². The van der Waals surface area contributed by atoms with Crippen molar-refractivity contribution in [3.05, 3.63) is 29.8 Å². The van der Waals surface area contributed by atoms with Crippen molar-refractivity contribution >= 4 is 0 Å². The SMILES string of the molecule is CCC(CO)NCc1cncc(F)c1. The topological polar surface area (TPSA) is 45.1 Å². The zero-order valence-electron chi connectivity index (χ0n) is 8.20. The predicted molar refractivity (Wildman–Crippen MR) is 52.2 cm³/mol. The van der Waals surface area contributed by atoms with Gasteiger partial charge in [0.2, 0.25) is 0 Å². The van der Waals surface area contributed by atoms with E-state index < -0.39 is 0 Å². The minimum Gasteiger partial charge on any atom is -0.395 e. The van der Waals surface area contributed by atoms with Crippen LogP contribution in [0.3, 0.4) is 0 Å². The fourth-order valence-electron chi connectivity index (χ4n) is 1.15. The normalized spacial score (nSPS) is 12.8. The van der Waals surface area contributed by atoms with Crippen molar-refractivity contribution in [3.8, 4) is 0 Å². The van der Waals surface area contributed by atoms with Crippen LogP contribution in [-0.4, -0.2) is 22.7 Å². The first-order chi connectivity index (χ1) is 6.76. The minimum atomic E-state index is -0.332. The van der Waals surface area contributed by atoms with Gasteiger partial charge in [0.25, 0.3) is 0 Å². The molecule has 0 aliphatic carbocycles. The highest BCUT2D eigenvalue weighted by molar-refractivity contribution is 5.09. The van der Waals surface area contributed by atoms with Crippen molar-refractivity contribution in [1.29, 1.82) is 0 Å². The lowest BCUT2D eigenvalue weighted by atomic mass is 10.2. The lowest BCUT2D eigenvalue weighted by molar-refractivity contribution is 0.238. The van der Waals surface area contributed by atoms with Gasteiger partial charge in [-0.15, -0.1) is 0 Å². The second-order valence-corrected chi connectivity index (χ2v) is 3.18. The second-order valence-electron chi connectivity index (χ2n) is 3.18. The quantitative estimate of drug-likeness (QED) is 0.744. The van der Waals surface area contributed by atoms with Gasteiger partial charge in [-0.1, -0.05) is 6.92 Å². The lowest BCUT2D eigenvalue weighted by Crippen LogP contribution is -2.31. The Hall–Kier alpha value is -1.00. The van der Waals surface area contributed by atoms with Crippen LogP contribution in [0, 0.1) is 5.82 Å². The Morgan fingerprint density at radius 3 is 2.93 bits per heavy atom. The Labute approximate surface area is 83.0 Å². The van der Waals surface area contributed by atoms with Crippen LogP contribution in [0.15, 0.2) is 18.5 Å². The number of hydrogen-bond acceptors (Lipinski definition) is 3. The van der Waals surface area contributed by atoms with Gasteiger partial charge in [0.15, 0.2) is 0 Å². The van der Waals surface area contributed by atoms with Crippen LogP contribution in [0.25, 0.3) is 0 Å². The smallest absolute Gasteiger partial charge is 0.141 e. The third kappa shape index (κ3) is 3.40. The maximum absolute atomic E-state index is 12.7. The molecular weight excluding hydrogens is 183 g/mol. The first-order valence-electron chi connectivity index (χ1n) is 4.70. The molecule has 0 radical (unpaired) electrons. The van der Waals surface area contributed by atoms with Crippen LogP contribution < -0.4 is 5.32 Å². The van der Waals surface area contributed by atoms with Crippen LogP contribution in [0.1, 0.15) is 18.9 Å². The molecule has 0 spiro atoms. The first-order valence-corrected chi connectivity index (χ1v) is 4.70. The largest absolute Gasteiger partial charge is 0.395 e. The molecule has 0 bridgehead atoms. The molecule has 14 heavy (non-hydrogen) atoms. The summed E-state index contributed by atoms with van der Waals surface area (Å²) in [7, 11) is 0. The molecule has 1 heterocycles. The fourth-order valence-corrected chi connectivity index (χ4v) is 1.15. The molecular formula is C10H15FN2O. The van der Waals surface area contributed by atoms with Crippen LogP contribution in [0.2, 0.25) is 0 Å². The highest BCUT2D eigenvalue weighted by Gasteiger charge is 2.03. The average Bonchev–Trinajstić information content (AvgIpc) is 2.19. The van der Waals surface area contributed by atoms with Gasteiger partial charge in [-0.05, 0) is 18.1 Å². The molecule has 1 rings (SSSR count). The molecule has 0 amide bonds. The number of aliphatic hydroxyl groups excluding tert-OH is 1. The number of nitrogens with one attached hydrogen (secondary N) is 1. The molecule has 0 aromatic carbocycles. The number of pyridine rings is 1. The Kier molecular flexibility index (Phi) is 4.49. The van der Waals surface area contributed by atoms with Gasteiger partial charge >= 0.3 is 0 Å². The third-order valence-electron chi connectivity index (χ3n) is 2.07. The number of halogens is 1. The van der Waals surface area contributed by atoms with Gasteiger partial charge in [0, 0.05) is 18.8 Å². The van der Waals surface area contributed by atoms with Crippen LogP contribution in [0.5, 0.6) is 0 Å². The highest BCUT2D eigenvalue weighted by atomic mass is 19.1. The van der Waals surface area contributed by atoms with Gasteiger partial charge < -0.3 is 10.4 Å². The summed E-state index contributed by atoms with van der Waals surface area (Å²) in [6.45, 7) is 2.61. The number of hydrogen-bond donors (Lipinski definition) is 2. The monoisotopic (exact) mass is 198 g/mol. The Bertz CT molecular complexity index is 277. The number of aromatic nitrogens is 1. The summed E-state index contributed by atoms with van der Waals surface area (Å²) in [5.41, 5.74) is 0.789. The van der Waals surface area contributed by atoms with Crippen molar-refractivity contribution in [2.75, 3.05) is 6.61 Å². The molecule has 2 N–H and O–H groups in total. The minimum absolute atomic E-state index is 0.0678. The molecule has 78 valence electrons. The number of aliphatic hydroxyl groups is 1. The van der Waals surface area contributed by atoms with Gasteiger partial charge in [0.1, 0.15) is 5.82 Å². The third-order valence-corrected chi connectivity index (χ3v) is 2.07. The summed E-state index contributed by atoms with van der Waals surface area (Å²) in [6, 6.07) is 1.50. The van der Waals surface area contributed by atoms with E-state index in [0.717, 1.165) is 12.0 Å². The maximum Gasteiger partial charge on any atom is 0.141 e. The lowest BCUT2D eigenvalue weighted by Gasteiger charge is -2.13. The molecule has 1 aromatic heterocycles. The Morgan fingerprint density at radius 1 is 1.57 bits per heavy atom. The Balaban J connectivity index is 2.44. The molecule has 1 unspecified atom stereocenters. The molecule has 0 saturated heterocycles. The number of rotatable bonds is 5. The predicted octanol–water partition coefficient (Wildman–Crippen LogP) is 1.08. The zero-order valence-corrected chi connectivity index (χ0v) is 8.20. The van der Waals surface area contributed by atoms with Gasteiger partial charge in [-0.25, -0.2) is 4.39 Å². The standard InChI is InChI=1S/C10H15FN2O/c1-2-10(7-14)13-5-8-3-9(11)6-12-4-8/h3-4,6,10,13-14H,2,5,7H2,1H3. The number of nitrogens with zero attached hydrogens (tertiary/aromatic N) is 1. The fraction of sp³-hybridized carbons (Fsp3) is 0.500. The van der Waals surface area contributed by atoms with E-state index in [9.17, 15) is 4.39 Å². The van der Waals surface area contributed by atoms with Gasteiger partial charge in [-0.3, -0.25) is 4.98 Å². The second kappa shape index (κ2) is 5.67. The summed E-state index contributed by atoms with van der Waals surface area (Å²) in [5, 5.41) is 12.0. The van der Waals surface area contributed by atoms with Crippen LogP contribution in [0.4, 0.5) is 4.39 Å². The molecule has 1 aromatic rings. The summed E-state index contributed by atoms with van der Waals surface area (Å²) < 4.78 is 12.7. The maximum atomic E-state index is 12.7. The Morgan fingerprint density at radius 2 is 2.36 bits per heavy atom. The van der Waals surface area contributed by atoms with Crippen molar-refractivity contribution < 1.29 is 9.50 Å². The molecule has 0 fully saturated rings. The molecule has 0 aliphatic rings. The van der Waals surface area contributed by atoms with Crippen LogP contribution in [-0.2, 0) is 6.54 Å². The van der Waals surface area contributed by atoms with E-state index in [-0.39, 0.29) is 18.5 Å². The average molecular weight is 198 g/mol.